The summed E-state index contributed by atoms with van der Waals surface area (Å²) in [5.41, 5.74) is -1.36. The Bertz CT molecular complexity index is 411. The van der Waals surface area contributed by atoms with Gasteiger partial charge in [0.25, 0.3) is 0 Å². The molecule has 0 radical (unpaired) electrons. The molecule has 0 aromatic heterocycles. The third kappa shape index (κ3) is 1.46. The minimum absolute atomic E-state index is 0.609. The molecule has 0 N–H and O–H groups in total. The monoisotopic (exact) mass is 149 g/mol. The van der Waals surface area contributed by atoms with Crippen molar-refractivity contribution in [3.8, 4) is 0 Å². The first kappa shape index (κ1) is 1.57. The second kappa shape index (κ2) is 2.40. The molecule has 0 saturated heterocycles. The van der Waals surface area contributed by atoms with Gasteiger partial charge in [-0.25, -0.2) is 0 Å². The van der Waals surface area contributed by atoms with Crippen LogP contribution in [0.2, 0.25) is 5.02 Å². The van der Waals surface area contributed by atoms with Crippen molar-refractivity contribution in [1.29, 1.82) is 0 Å². The lowest BCUT2D eigenvalue weighted by atomic mass is 10.2. The molecule has 0 spiro atoms. The highest BCUT2D eigenvalue weighted by atomic mass is 35.5. The van der Waals surface area contributed by atoms with E-state index in [-0.39, 0.29) is 0 Å². The van der Waals surface area contributed by atoms with Crippen LogP contribution in [0.25, 0.3) is 0 Å². The summed E-state index contributed by atoms with van der Waals surface area (Å²) < 4.78 is 65.8. The van der Waals surface area contributed by atoms with Gasteiger partial charge in [0.2, 0.25) is 0 Å². The zero-order valence-electron chi connectivity index (χ0n) is 13.4. The summed E-state index contributed by atoms with van der Waals surface area (Å²) in [7, 11) is 0. The summed E-state index contributed by atoms with van der Waals surface area (Å²) in [6, 6.07) is -2.30. The average Bonchev–Trinajstić information content (AvgIpc) is 2.10. The Balaban J connectivity index is 3.79. The molecule has 1 aromatic carbocycles. The number of hydrogen-bond acceptors (Lipinski definition) is 0. The van der Waals surface area contributed by atoms with Crippen LogP contribution in [0.1, 0.15) is 23.5 Å². The predicted molar refractivity (Wildman–Crippen MR) is 40.9 cm³/mol. The van der Waals surface area contributed by atoms with Crippen molar-refractivity contribution in [1.82, 2.24) is 0 Å². The van der Waals surface area contributed by atoms with E-state index >= 15 is 0 Å². The number of halogens is 1. The zero-order chi connectivity index (χ0) is 14.5. The Morgan fingerprint density at radius 1 is 1.56 bits per heavy atom. The Hall–Kier alpha value is -0.490. The zero-order valence-corrected chi connectivity index (χ0v) is 5.13. The minimum Gasteiger partial charge on any atom is -0.0840 e. The van der Waals surface area contributed by atoms with Crippen LogP contribution in [-0.2, 0) is 0 Å². The van der Waals surface area contributed by atoms with E-state index in [1.54, 1.807) is 0 Å². The summed E-state index contributed by atoms with van der Waals surface area (Å²) in [5, 5.41) is -0.609. The Morgan fingerprint density at radius 3 is 3.11 bits per heavy atom. The van der Waals surface area contributed by atoms with Gasteiger partial charge in [0.05, 0.1) is 4.11 Å². The van der Waals surface area contributed by atoms with Crippen molar-refractivity contribution in [3.05, 3.63) is 34.3 Å². The van der Waals surface area contributed by atoms with Gasteiger partial charge in [0.1, 0.15) is 0 Å². The van der Waals surface area contributed by atoms with Crippen molar-refractivity contribution >= 4 is 11.6 Å². The maximum atomic E-state index is 7.56. The van der Waals surface area contributed by atoms with Gasteiger partial charge in [-0.3, -0.25) is 0 Å². The molecular formula is C8H9Cl. The molecule has 48 valence electrons. The van der Waals surface area contributed by atoms with E-state index in [4.69, 9.17) is 23.9 Å². The molecule has 0 bridgehead atoms. The van der Waals surface area contributed by atoms with Gasteiger partial charge >= 0.3 is 0 Å². The van der Waals surface area contributed by atoms with Crippen LogP contribution in [0.5, 0.6) is 0 Å². The molecule has 1 heteroatoms. The Labute approximate surface area is 73.1 Å². The van der Waals surface area contributed by atoms with Gasteiger partial charge < -0.3 is 0 Å². The van der Waals surface area contributed by atoms with Crippen molar-refractivity contribution < 1.29 is 12.3 Å². The minimum atomic E-state index is -2.79. The second-order valence-electron chi connectivity index (χ2n) is 1.44. The van der Waals surface area contributed by atoms with E-state index in [1.165, 1.54) is 0 Å². The molecule has 0 fully saturated rings. The first-order valence-corrected chi connectivity index (χ1v) is 2.57. The van der Waals surface area contributed by atoms with Crippen LogP contribution >= 0.6 is 11.6 Å². The quantitative estimate of drug-likeness (QED) is 0.532. The number of benzene rings is 1. The van der Waals surface area contributed by atoms with Crippen LogP contribution in [-0.4, -0.2) is 0 Å². The molecular weight excluding hydrogens is 132 g/mol. The SMILES string of the molecule is [2H]c1c([2H])c(C([2H])([2H])[2H])c(Cl)c([2H])c1C([2H])([2H])[2H]. The average molecular weight is 150 g/mol. The first-order valence-electron chi connectivity index (χ1n) is 6.69. The van der Waals surface area contributed by atoms with E-state index in [9.17, 15) is 0 Å². The summed E-state index contributed by atoms with van der Waals surface area (Å²) in [4.78, 5) is 0. The molecule has 1 aromatic rings. The topological polar surface area (TPSA) is 0 Å². The molecule has 0 saturated carbocycles. The summed E-state index contributed by atoms with van der Waals surface area (Å²) in [5.74, 6) is 0. The fourth-order valence-electron chi connectivity index (χ4n) is 0.383. The van der Waals surface area contributed by atoms with Crippen LogP contribution in [0.4, 0.5) is 0 Å². The van der Waals surface area contributed by atoms with E-state index in [0.29, 0.717) is 0 Å². The third-order valence-electron chi connectivity index (χ3n) is 0.767. The lowest BCUT2D eigenvalue weighted by Gasteiger charge is -1.96. The fourth-order valence-corrected chi connectivity index (χ4v) is 0.525. The molecule has 0 amide bonds. The maximum absolute atomic E-state index is 7.56. The van der Waals surface area contributed by atoms with E-state index in [0.717, 1.165) is 0 Å². The van der Waals surface area contributed by atoms with Crippen molar-refractivity contribution in [2.24, 2.45) is 0 Å². The lowest BCUT2D eigenvalue weighted by Crippen LogP contribution is -1.75. The van der Waals surface area contributed by atoms with Crippen LogP contribution in [0, 0.1) is 13.7 Å². The smallest absolute Gasteiger partial charge is 0.0641 e. The van der Waals surface area contributed by atoms with Gasteiger partial charge in [-0.1, -0.05) is 23.7 Å². The highest BCUT2D eigenvalue weighted by Gasteiger charge is 1.91. The molecule has 0 unspecified atom stereocenters. The van der Waals surface area contributed by atoms with Crippen LogP contribution in [0.15, 0.2) is 18.1 Å². The number of rotatable bonds is 0. The van der Waals surface area contributed by atoms with Gasteiger partial charge in [-0.2, -0.15) is 0 Å². The van der Waals surface area contributed by atoms with Crippen molar-refractivity contribution in [2.75, 3.05) is 0 Å². The number of hydrogen-bond donors (Lipinski definition) is 0. The molecule has 0 atom stereocenters. The summed E-state index contributed by atoms with van der Waals surface area (Å²) in [6.07, 6.45) is 0. The third-order valence-corrected chi connectivity index (χ3v) is 1.05. The normalized spacial score (nSPS) is 27.0. The summed E-state index contributed by atoms with van der Waals surface area (Å²) >= 11 is 5.67. The fraction of sp³-hybridized carbons (Fsp3) is 0.250. The largest absolute Gasteiger partial charge is 0.0840 e. The van der Waals surface area contributed by atoms with Gasteiger partial charge in [0.15, 0.2) is 0 Å². The summed E-state index contributed by atoms with van der Waals surface area (Å²) in [6.45, 7) is -5.56. The standard InChI is InChI=1S/C8H9Cl/c1-6-3-4-7(2)8(9)5-6/h3-5H,1-2H3/i1D3,2D3,3D,4D,5D. The Kier molecular flexibility index (Phi) is 0.418. The Morgan fingerprint density at radius 2 is 2.44 bits per heavy atom. The molecule has 0 aliphatic rings. The highest BCUT2D eigenvalue weighted by molar-refractivity contribution is 6.31. The first-order chi connectivity index (χ1) is 7.89. The van der Waals surface area contributed by atoms with Crippen LogP contribution in [0.3, 0.4) is 0 Å². The predicted octanol–water partition coefficient (Wildman–Crippen LogP) is 2.96. The van der Waals surface area contributed by atoms with Gasteiger partial charge in [-0.15, -0.1) is 0 Å². The molecule has 0 nitrogen and oxygen atoms in total. The lowest BCUT2D eigenvalue weighted by molar-refractivity contribution is 1.40. The van der Waals surface area contributed by atoms with E-state index < -0.39 is 48.0 Å². The molecule has 1 rings (SSSR count). The molecule has 9 heavy (non-hydrogen) atoms. The van der Waals surface area contributed by atoms with Crippen LogP contribution < -0.4 is 0 Å². The van der Waals surface area contributed by atoms with Crippen molar-refractivity contribution in [3.63, 3.8) is 0 Å². The second-order valence-corrected chi connectivity index (χ2v) is 1.82. The van der Waals surface area contributed by atoms with Gasteiger partial charge in [-0.05, 0) is 30.9 Å². The van der Waals surface area contributed by atoms with E-state index in [2.05, 4.69) is 0 Å². The molecule has 0 heterocycles. The highest BCUT2D eigenvalue weighted by Crippen LogP contribution is 2.15. The molecule has 0 aliphatic heterocycles. The van der Waals surface area contributed by atoms with Gasteiger partial charge in [0, 0.05) is 13.2 Å². The van der Waals surface area contributed by atoms with Crippen molar-refractivity contribution in [2.45, 2.75) is 13.7 Å². The maximum Gasteiger partial charge on any atom is 0.0641 e. The molecule has 0 aliphatic carbocycles. The van der Waals surface area contributed by atoms with E-state index in [1.807, 2.05) is 0 Å².